The van der Waals surface area contributed by atoms with Crippen LogP contribution in [0.5, 0.6) is 5.75 Å². The summed E-state index contributed by atoms with van der Waals surface area (Å²) in [6.45, 7) is 10.3. The topological polar surface area (TPSA) is 37.0 Å². The van der Waals surface area contributed by atoms with Crippen LogP contribution in [0, 0.1) is 20.8 Å². The summed E-state index contributed by atoms with van der Waals surface area (Å²) >= 11 is 0. The molecule has 3 aromatic rings. The van der Waals surface area contributed by atoms with E-state index in [0.29, 0.717) is 6.61 Å². The van der Waals surface area contributed by atoms with Crippen LogP contribution < -0.4 is 10.1 Å². The minimum absolute atomic E-state index is 0.228. The van der Waals surface area contributed by atoms with Crippen LogP contribution in [0.3, 0.4) is 0 Å². The molecule has 1 atom stereocenters. The summed E-state index contributed by atoms with van der Waals surface area (Å²) in [5, 5.41) is 5.02. The van der Waals surface area contributed by atoms with E-state index < -0.39 is 0 Å². The molecule has 3 heteroatoms. The molecule has 2 N–H and O–H groups in total. The molecule has 4 rings (SSSR count). The summed E-state index contributed by atoms with van der Waals surface area (Å²) in [7, 11) is 0. The van der Waals surface area contributed by atoms with Gasteiger partial charge in [-0.1, -0.05) is 12.1 Å². The molecule has 0 saturated carbocycles. The van der Waals surface area contributed by atoms with Gasteiger partial charge < -0.3 is 15.0 Å². The normalized spacial score (nSPS) is 16.9. The lowest BCUT2D eigenvalue weighted by Crippen LogP contribution is -2.31. The van der Waals surface area contributed by atoms with Crippen LogP contribution in [0.2, 0.25) is 0 Å². The zero-order valence-corrected chi connectivity index (χ0v) is 15.5. The van der Waals surface area contributed by atoms with E-state index in [1.807, 2.05) is 6.92 Å². The summed E-state index contributed by atoms with van der Waals surface area (Å²) in [6, 6.07) is 11.3. The van der Waals surface area contributed by atoms with E-state index in [1.165, 1.54) is 44.4 Å². The third-order valence-corrected chi connectivity index (χ3v) is 5.43. The van der Waals surface area contributed by atoms with Crippen LogP contribution in [0.4, 0.5) is 0 Å². The van der Waals surface area contributed by atoms with Gasteiger partial charge in [-0.15, -0.1) is 0 Å². The molecule has 0 amide bonds. The highest BCUT2D eigenvalue weighted by molar-refractivity contribution is 5.86. The van der Waals surface area contributed by atoms with Gasteiger partial charge in [0.05, 0.1) is 12.6 Å². The monoisotopic (exact) mass is 334 g/mol. The molecule has 1 unspecified atom stereocenters. The lowest BCUT2D eigenvalue weighted by molar-refractivity contribution is 0.340. The molecule has 1 aromatic heterocycles. The fourth-order valence-corrected chi connectivity index (χ4v) is 4.02. The Morgan fingerprint density at radius 1 is 1.04 bits per heavy atom. The number of H-pyrrole nitrogens is 1. The highest BCUT2D eigenvalue weighted by Gasteiger charge is 2.26. The second-order valence-corrected chi connectivity index (χ2v) is 7.09. The van der Waals surface area contributed by atoms with Crippen molar-refractivity contribution in [3.05, 3.63) is 63.8 Å². The van der Waals surface area contributed by atoms with Crippen molar-refractivity contribution in [2.24, 2.45) is 0 Å². The molecular formula is C22H26N2O. The average molecular weight is 334 g/mol. The number of hydrogen-bond donors (Lipinski definition) is 2. The summed E-state index contributed by atoms with van der Waals surface area (Å²) in [5.74, 6) is 0.953. The number of hydrogen-bond acceptors (Lipinski definition) is 2. The molecule has 3 nitrogen and oxygen atoms in total. The fourth-order valence-electron chi connectivity index (χ4n) is 4.02. The van der Waals surface area contributed by atoms with Crippen LogP contribution in [0.15, 0.2) is 30.3 Å². The van der Waals surface area contributed by atoms with Gasteiger partial charge in [0.1, 0.15) is 5.75 Å². The maximum Gasteiger partial charge on any atom is 0.120 e. The zero-order chi connectivity index (χ0) is 17.6. The van der Waals surface area contributed by atoms with Gasteiger partial charge in [-0.2, -0.15) is 0 Å². The Labute approximate surface area is 149 Å². The Balaban J connectivity index is 1.85. The predicted molar refractivity (Wildman–Crippen MR) is 104 cm³/mol. The molecule has 0 fully saturated rings. The lowest BCUT2D eigenvalue weighted by atomic mass is 9.90. The van der Waals surface area contributed by atoms with E-state index in [1.54, 1.807) is 0 Å². The number of aryl methyl sites for hydroxylation is 3. The first kappa shape index (κ1) is 16.2. The molecule has 0 bridgehead atoms. The third kappa shape index (κ3) is 2.73. The van der Waals surface area contributed by atoms with Crippen molar-refractivity contribution < 1.29 is 4.74 Å². The van der Waals surface area contributed by atoms with Gasteiger partial charge in [0.2, 0.25) is 0 Å². The van der Waals surface area contributed by atoms with Gasteiger partial charge in [0.25, 0.3) is 0 Å². The van der Waals surface area contributed by atoms with E-state index in [2.05, 4.69) is 61.4 Å². The SMILES string of the molecule is CCOc1ccc2[nH]c3c(c2c1)CCNC3c1cc(C)c(C)cc1C. The minimum Gasteiger partial charge on any atom is -0.494 e. The summed E-state index contributed by atoms with van der Waals surface area (Å²) < 4.78 is 5.70. The Kier molecular flexibility index (Phi) is 4.04. The molecular weight excluding hydrogens is 308 g/mol. The maximum absolute atomic E-state index is 5.70. The van der Waals surface area contributed by atoms with Crippen LogP contribution in [0.1, 0.15) is 46.5 Å². The van der Waals surface area contributed by atoms with Crippen molar-refractivity contribution in [3.8, 4) is 5.75 Å². The van der Waals surface area contributed by atoms with Crippen molar-refractivity contribution >= 4 is 10.9 Å². The van der Waals surface area contributed by atoms with Crippen LogP contribution in [0.25, 0.3) is 10.9 Å². The smallest absolute Gasteiger partial charge is 0.120 e. The lowest BCUT2D eigenvalue weighted by Gasteiger charge is -2.27. The van der Waals surface area contributed by atoms with Crippen LogP contribution in [-0.2, 0) is 6.42 Å². The summed E-state index contributed by atoms with van der Waals surface area (Å²) in [6.07, 6.45) is 1.05. The minimum atomic E-state index is 0.228. The molecule has 2 aromatic carbocycles. The van der Waals surface area contributed by atoms with Gasteiger partial charge in [-0.25, -0.2) is 0 Å². The van der Waals surface area contributed by atoms with Gasteiger partial charge in [-0.05, 0) is 80.1 Å². The van der Waals surface area contributed by atoms with Crippen molar-refractivity contribution in [2.45, 2.75) is 40.2 Å². The average Bonchev–Trinajstić information content (AvgIpc) is 2.97. The number of ether oxygens (including phenoxy) is 1. The van der Waals surface area contributed by atoms with E-state index in [0.717, 1.165) is 18.7 Å². The number of nitrogens with one attached hydrogen (secondary N) is 2. The first-order chi connectivity index (χ1) is 12.1. The van der Waals surface area contributed by atoms with Crippen LogP contribution in [-0.4, -0.2) is 18.1 Å². The first-order valence-electron chi connectivity index (χ1n) is 9.17. The fraction of sp³-hybridized carbons (Fsp3) is 0.364. The number of aromatic nitrogens is 1. The van der Waals surface area contributed by atoms with Gasteiger partial charge in [-0.3, -0.25) is 0 Å². The first-order valence-corrected chi connectivity index (χ1v) is 9.17. The second kappa shape index (κ2) is 6.23. The van der Waals surface area contributed by atoms with Crippen molar-refractivity contribution in [1.82, 2.24) is 10.3 Å². The molecule has 1 aliphatic heterocycles. The molecule has 0 aliphatic carbocycles. The molecule has 2 heterocycles. The number of rotatable bonds is 3. The Hall–Kier alpha value is -2.26. The zero-order valence-electron chi connectivity index (χ0n) is 15.5. The van der Waals surface area contributed by atoms with Crippen molar-refractivity contribution in [3.63, 3.8) is 0 Å². The highest BCUT2D eigenvalue weighted by Crippen LogP contribution is 2.36. The van der Waals surface area contributed by atoms with E-state index in [4.69, 9.17) is 4.74 Å². The molecule has 25 heavy (non-hydrogen) atoms. The molecule has 130 valence electrons. The number of aromatic amines is 1. The molecule has 0 saturated heterocycles. The Morgan fingerprint density at radius 3 is 2.64 bits per heavy atom. The quantitative estimate of drug-likeness (QED) is 0.727. The molecule has 0 spiro atoms. The van der Waals surface area contributed by atoms with Crippen molar-refractivity contribution in [1.29, 1.82) is 0 Å². The Bertz CT molecular complexity index is 939. The van der Waals surface area contributed by atoms with E-state index in [-0.39, 0.29) is 6.04 Å². The van der Waals surface area contributed by atoms with Crippen LogP contribution >= 0.6 is 0 Å². The predicted octanol–water partition coefficient (Wildman–Crippen LogP) is 4.73. The second-order valence-electron chi connectivity index (χ2n) is 7.09. The molecule has 1 aliphatic rings. The third-order valence-electron chi connectivity index (χ3n) is 5.43. The standard InChI is InChI=1S/C22H26N2O/c1-5-25-16-6-7-20-19(12-16)17-8-9-23-21(22(17)24-20)18-11-14(3)13(2)10-15(18)4/h6-7,10-12,21,23-24H,5,8-9H2,1-4H3. The Morgan fingerprint density at radius 2 is 1.84 bits per heavy atom. The largest absolute Gasteiger partial charge is 0.494 e. The van der Waals surface area contributed by atoms with E-state index >= 15 is 0 Å². The maximum atomic E-state index is 5.70. The number of benzene rings is 2. The highest BCUT2D eigenvalue weighted by atomic mass is 16.5. The molecule has 0 radical (unpaired) electrons. The summed E-state index contributed by atoms with van der Waals surface area (Å²) in [5.41, 5.74) is 9.37. The van der Waals surface area contributed by atoms with Gasteiger partial charge in [0, 0.05) is 23.1 Å². The van der Waals surface area contributed by atoms with Gasteiger partial charge in [0.15, 0.2) is 0 Å². The number of fused-ring (bicyclic) bond motifs is 3. The van der Waals surface area contributed by atoms with Crippen molar-refractivity contribution in [2.75, 3.05) is 13.2 Å². The summed E-state index contributed by atoms with van der Waals surface area (Å²) in [4.78, 5) is 3.68. The van der Waals surface area contributed by atoms with E-state index in [9.17, 15) is 0 Å². The van der Waals surface area contributed by atoms with Gasteiger partial charge >= 0.3 is 0 Å².